The van der Waals surface area contributed by atoms with E-state index in [2.05, 4.69) is 31.0 Å². The Kier molecular flexibility index (Phi) is 4.24. The number of nitrogens with zero attached hydrogens (tertiary/aromatic N) is 2. The van der Waals surface area contributed by atoms with Crippen LogP contribution in [0.4, 0.5) is 0 Å². The number of hydrogen-bond acceptors (Lipinski definition) is 1. The normalized spacial score (nSPS) is 38.3. The Morgan fingerprint density at radius 1 is 1.15 bits per heavy atom. The molecule has 2 unspecified atom stereocenters. The molecule has 0 N–H and O–H groups in total. The molecule has 0 aromatic carbocycles. The van der Waals surface area contributed by atoms with E-state index in [4.69, 9.17) is 0 Å². The number of hydrogen-bond donors (Lipinski definition) is 0. The van der Waals surface area contributed by atoms with Gasteiger partial charge in [-0.05, 0) is 32.6 Å². The second kappa shape index (κ2) is 4.30. The first-order chi connectivity index (χ1) is 5.54. The smallest absolute Gasteiger partial charge is 0.662 e. The molecule has 0 radical (unpaired) electrons. The molecule has 0 spiro atoms. The van der Waals surface area contributed by atoms with Crippen LogP contribution in [0.15, 0.2) is 0 Å². The second-order valence-corrected chi connectivity index (χ2v) is 5.15. The van der Waals surface area contributed by atoms with Crippen molar-refractivity contribution in [3.05, 3.63) is 5.32 Å². The van der Waals surface area contributed by atoms with E-state index in [0.717, 1.165) is 11.8 Å². The first-order valence-corrected chi connectivity index (χ1v) is 4.88. The van der Waals surface area contributed by atoms with Crippen LogP contribution in [0.3, 0.4) is 0 Å². The second-order valence-electron chi connectivity index (χ2n) is 5.15. The van der Waals surface area contributed by atoms with Gasteiger partial charge >= 0.3 is 58.2 Å². The van der Waals surface area contributed by atoms with Gasteiger partial charge in [0.1, 0.15) is 0 Å². The molecule has 0 bridgehead atoms. The van der Waals surface area contributed by atoms with Crippen molar-refractivity contribution in [2.24, 2.45) is 11.8 Å². The molecule has 0 amide bonds. The van der Waals surface area contributed by atoms with Crippen molar-refractivity contribution < 1.29 is 58.2 Å². The van der Waals surface area contributed by atoms with Gasteiger partial charge in [0.2, 0.25) is 0 Å². The third-order valence-electron chi connectivity index (χ3n) is 3.40. The van der Waals surface area contributed by atoms with Crippen molar-refractivity contribution in [1.82, 2.24) is 4.90 Å². The average molecular weight is 253 g/mol. The van der Waals surface area contributed by atoms with Crippen LogP contribution in [0.1, 0.15) is 20.8 Å². The van der Waals surface area contributed by atoms with Crippen LogP contribution in [-0.4, -0.2) is 36.6 Å². The summed E-state index contributed by atoms with van der Waals surface area (Å²) in [5, 5.41) is 4.37. The quantitative estimate of drug-likeness (QED) is 0.569. The van der Waals surface area contributed by atoms with Crippen molar-refractivity contribution in [3.8, 4) is 0 Å². The minimum absolute atomic E-state index is 0. The van der Waals surface area contributed by atoms with Crippen molar-refractivity contribution in [2.75, 3.05) is 20.1 Å². The van der Waals surface area contributed by atoms with Crippen LogP contribution in [-0.2, 0) is 0 Å². The molecule has 0 aromatic rings. The summed E-state index contributed by atoms with van der Waals surface area (Å²) >= 11 is 0. The van der Waals surface area contributed by atoms with Crippen molar-refractivity contribution in [2.45, 2.75) is 32.4 Å². The Labute approximate surface area is 131 Å². The molecule has 1 saturated heterocycles. The first kappa shape index (κ1) is 12.8. The van der Waals surface area contributed by atoms with E-state index in [0.29, 0.717) is 11.6 Å². The zero-order valence-corrected chi connectivity index (χ0v) is 14.5. The predicted octanol–water partition coefficient (Wildman–Crippen LogP) is -1.28. The Morgan fingerprint density at radius 2 is 1.62 bits per heavy atom. The summed E-state index contributed by atoms with van der Waals surface area (Å²) in [5.74, 6) is 1.79. The maximum Gasteiger partial charge on any atom is 1.00 e. The van der Waals surface area contributed by atoms with Gasteiger partial charge in [-0.2, -0.15) is 7.05 Å². The van der Waals surface area contributed by atoms with Crippen LogP contribution in [0.25, 0.3) is 5.32 Å². The minimum Gasteiger partial charge on any atom is -0.662 e. The largest absolute Gasteiger partial charge is 1.00 e. The Hall–Kier alpha value is 1.73. The molecule has 0 aromatic heterocycles. The maximum absolute atomic E-state index is 4.37. The summed E-state index contributed by atoms with van der Waals surface area (Å²) in [5.41, 5.74) is 0.367. The maximum atomic E-state index is 4.37. The first-order valence-electron chi connectivity index (χ1n) is 4.88. The van der Waals surface area contributed by atoms with Crippen LogP contribution in [0, 0.1) is 11.8 Å². The van der Waals surface area contributed by atoms with E-state index < -0.39 is 0 Å². The van der Waals surface area contributed by atoms with Crippen LogP contribution in [0.5, 0.6) is 0 Å². The molecule has 2 nitrogen and oxygen atoms in total. The van der Waals surface area contributed by atoms with Crippen molar-refractivity contribution >= 4 is 0 Å². The number of likely N-dealkylation sites (tertiary alicyclic amines) is 1. The summed E-state index contributed by atoms with van der Waals surface area (Å²) in [6, 6.07) is 0.712. The van der Waals surface area contributed by atoms with Crippen LogP contribution in [0.2, 0.25) is 0 Å². The van der Waals surface area contributed by atoms with Gasteiger partial charge in [0.25, 0.3) is 0 Å². The van der Waals surface area contributed by atoms with E-state index in [1.165, 1.54) is 13.1 Å². The van der Waals surface area contributed by atoms with E-state index in [9.17, 15) is 0 Å². The molecule has 1 saturated carbocycles. The number of rotatable bonds is 1. The van der Waals surface area contributed by atoms with E-state index in [1.54, 1.807) is 0 Å². The Bertz CT molecular complexity index is 176. The molecule has 1 aliphatic heterocycles. The summed E-state index contributed by atoms with van der Waals surface area (Å²) < 4.78 is 0. The summed E-state index contributed by atoms with van der Waals surface area (Å²) in [4.78, 5) is 2.59. The van der Waals surface area contributed by atoms with Crippen LogP contribution < -0.4 is 58.2 Å². The van der Waals surface area contributed by atoms with Crippen LogP contribution >= 0.6 is 0 Å². The van der Waals surface area contributed by atoms with Gasteiger partial charge in [-0.15, -0.1) is 6.04 Å². The standard InChI is InChI=1S/C10H19N2.Rb/c1-10(2,3)12-5-7-8(6-12)9(7)11-4;/h7-9H,5-6H2,1-4H3;/q-1;+1. The molecule has 2 rings (SSSR count). The SMILES string of the molecule is C[N-]C1C2CN(C(C)(C)C)CC21.[Rb+]. The number of piperidine rings is 1. The summed E-state index contributed by atoms with van der Waals surface area (Å²) in [6.07, 6.45) is 0. The molecule has 3 heteroatoms. The fourth-order valence-electron chi connectivity index (χ4n) is 2.43. The predicted molar refractivity (Wildman–Crippen MR) is 51.4 cm³/mol. The molecule has 1 aliphatic carbocycles. The molecular weight excluding hydrogens is 234 g/mol. The molecular formula is C10H19N2Rb. The zero-order valence-electron chi connectivity index (χ0n) is 9.54. The summed E-state index contributed by atoms with van der Waals surface area (Å²) in [7, 11) is 1.96. The third-order valence-corrected chi connectivity index (χ3v) is 3.40. The average Bonchev–Trinajstić information content (AvgIpc) is 2.39. The van der Waals surface area contributed by atoms with E-state index in [1.807, 2.05) is 7.05 Å². The Balaban J connectivity index is 0.000000845. The molecule has 13 heavy (non-hydrogen) atoms. The van der Waals surface area contributed by atoms with Crippen molar-refractivity contribution in [1.29, 1.82) is 0 Å². The van der Waals surface area contributed by atoms with Crippen molar-refractivity contribution in [3.63, 3.8) is 0 Å². The van der Waals surface area contributed by atoms with Gasteiger partial charge in [-0.25, -0.2) is 0 Å². The molecule has 70 valence electrons. The Morgan fingerprint density at radius 3 is 1.92 bits per heavy atom. The van der Waals surface area contributed by atoms with Gasteiger partial charge in [-0.3, -0.25) is 4.90 Å². The van der Waals surface area contributed by atoms with Gasteiger partial charge in [0, 0.05) is 18.6 Å². The van der Waals surface area contributed by atoms with Gasteiger partial charge < -0.3 is 5.32 Å². The molecule has 2 fully saturated rings. The number of fused-ring (bicyclic) bond motifs is 1. The van der Waals surface area contributed by atoms with E-state index in [-0.39, 0.29) is 58.2 Å². The molecule has 2 atom stereocenters. The zero-order chi connectivity index (χ0) is 8.93. The minimum atomic E-state index is 0. The van der Waals surface area contributed by atoms with Gasteiger partial charge in [0.15, 0.2) is 0 Å². The molecule has 2 aliphatic rings. The molecule has 1 heterocycles. The van der Waals surface area contributed by atoms with E-state index >= 15 is 0 Å². The monoisotopic (exact) mass is 252 g/mol. The fourth-order valence-corrected chi connectivity index (χ4v) is 2.43. The third kappa shape index (κ3) is 2.45. The van der Waals surface area contributed by atoms with Gasteiger partial charge in [0.05, 0.1) is 0 Å². The topological polar surface area (TPSA) is 17.3 Å². The summed E-state index contributed by atoms with van der Waals surface area (Å²) in [6.45, 7) is 9.45. The fraction of sp³-hybridized carbons (Fsp3) is 1.00. The van der Waals surface area contributed by atoms with Gasteiger partial charge in [-0.1, -0.05) is 0 Å².